The van der Waals surface area contributed by atoms with Crippen molar-refractivity contribution in [1.29, 1.82) is 0 Å². The summed E-state index contributed by atoms with van der Waals surface area (Å²) in [5, 5.41) is 6.15. The van der Waals surface area contributed by atoms with Crippen molar-refractivity contribution in [2.45, 2.75) is 26.4 Å². The highest BCUT2D eigenvalue weighted by Crippen LogP contribution is 2.28. The lowest BCUT2D eigenvalue weighted by atomic mass is 10.1. The molecule has 24 heavy (non-hydrogen) atoms. The number of rotatable bonds is 7. The van der Waals surface area contributed by atoms with Gasteiger partial charge in [-0.25, -0.2) is 0 Å². The van der Waals surface area contributed by atoms with E-state index in [4.69, 9.17) is 9.47 Å². The third kappa shape index (κ3) is 6.19. The maximum Gasteiger partial charge on any atom is 0.257 e. The van der Waals surface area contributed by atoms with Crippen LogP contribution in [-0.4, -0.2) is 56.7 Å². The molecular formula is C17H28ClN3O3. The van der Waals surface area contributed by atoms with E-state index in [1.165, 1.54) is 5.56 Å². The van der Waals surface area contributed by atoms with Crippen LogP contribution in [-0.2, 0) is 11.3 Å². The molecule has 0 aliphatic carbocycles. The van der Waals surface area contributed by atoms with Crippen molar-refractivity contribution in [1.82, 2.24) is 15.5 Å². The van der Waals surface area contributed by atoms with Gasteiger partial charge in [0.25, 0.3) is 5.91 Å². The van der Waals surface area contributed by atoms with Crippen LogP contribution in [0, 0.1) is 0 Å². The molecule has 0 aromatic heterocycles. The van der Waals surface area contributed by atoms with Gasteiger partial charge in [-0.2, -0.15) is 0 Å². The molecule has 7 heteroatoms. The predicted octanol–water partition coefficient (Wildman–Crippen LogP) is 1.43. The molecular weight excluding hydrogens is 330 g/mol. The summed E-state index contributed by atoms with van der Waals surface area (Å²) in [5.41, 5.74) is 1.18. The fourth-order valence-electron chi connectivity index (χ4n) is 2.74. The van der Waals surface area contributed by atoms with E-state index in [1.807, 2.05) is 25.1 Å². The number of carbonyl (C=O) groups is 1. The van der Waals surface area contributed by atoms with E-state index in [-0.39, 0.29) is 24.9 Å². The molecule has 0 bridgehead atoms. The number of ether oxygens (including phenoxy) is 2. The number of methoxy groups -OCH3 is 1. The van der Waals surface area contributed by atoms with Gasteiger partial charge >= 0.3 is 0 Å². The van der Waals surface area contributed by atoms with Gasteiger partial charge in [0.15, 0.2) is 18.1 Å². The highest BCUT2D eigenvalue weighted by atomic mass is 35.5. The Balaban J connectivity index is 0.00000288. The Bertz CT molecular complexity index is 528. The maximum absolute atomic E-state index is 11.5. The van der Waals surface area contributed by atoms with Crippen molar-refractivity contribution in [3.63, 3.8) is 0 Å². The molecule has 0 radical (unpaired) electrons. The molecule has 1 heterocycles. The van der Waals surface area contributed by atoms with Crippen LogP contribution in [0.3, 0.4) is 0 Å². The van der Waals surface area contributed by atoms with E-state index in [9.17, 15) is 4.79 Å². The van der Waals surface area contributed by atoms with Gasteiger partial charge in [-0.1, -0.05) is 6.07 Å². The van der Waals surface area contributed by atoms with E-state index >= 15 is 0 Å². The minimum Gasteiger partial charge on any atom is -0.493 e. The zero-order chi connectivity index (χ0) is 16.7. The van der Waals surface area contributed by atoms with Crippen molar-refractivity contribution in [3.05, 3.63) is 23.8 Å². The fourth-order valence-corrected chi connectivity index (χ4v) is 2.74. The monoisotopic (exact) mass is 357 g/mol. The summed E-state index contributed by atoms with van der Waals surface area (Å²) in [6.07, 6.45) is 0. The maximum atomic E-state index is 11.5. The molecule has 0 unspecified atom stereocenters. The van der Waals surface area contributed by atoms with Crippen LogP contribution in [0.25, 0.3) is 0 Å². The summed E-state index contributed by atoms with van der Waals surface area (Å²) in [7, 11) is 1.62. The highest BCUT2D eigenvalue weighted by Gasteiger charge is 2.16. The van der Waals surface area contributed by atoms with Crippen LogP contribution in [0.2, 0.25) is 0 Å². The number of amides is 1. The number of halogens is 1. The fraction of sp³-hybridized carbons (Fsp3) is 0.588. The molecule has 1 aromatic carbocycles. The summed E-state index contributed by atoms with van der Waals surface area (Å²) < 4.78 is 10.9. The Hall–Kier alpha value is -1.50. The second-order valence-electron chi connectivity index (χ2n) is 5.82. The van der Waals surface area contributed by atoms with E-state index in [2.05, 4.69) is 22.5 Å². The molecule has 1 aliphatic heterocycles. The molecule has 1 saturated heterocycles. The van der Waals surface area contributed by atoms with Crippen molar-refractivity contribution in [2.24, 2.45) is 0 Å². The normalized spacial score (nSPS) is 17.7. The molecule has 1 aromatic rings. The van der Waals surface area contributed by atoms with Crippen LogP contribution in [0.15, 0.2) is 18.2 Å². The molecule has 1 aliphatic rings. The first-order valence-electron chi connectivity index (χ1n) is 8.14. The third-order valence-corrected chi connectivity index (χ3v) is 3.82. The summed E-state index contributed by atoms with van der Waals surface area (Å²) in [4.78, 5) is 13.9. The first kappa shape index (κ1) is 20.5. The smallest absolute Gasteiger partial charge is 0.257 e. The lowest BCUT2D eigenvalue weighted by Gasteiger charge is -2.31. The molecule has 6 nitrogen and oxygen atoms in total. The number of nitrogens with zero attached hydrogens (tertiary/aromatic N) is 1. The zero-order valence-corrected chi connectivity index (χ0v) is 15.4. The van der Waals surface area contributed by atoms with E-state index in [0.717, 1.165) is 26.2 Å². The standard InChI is InChI=1S/C17H27N3O3.ClH/c1-4-18-17(21)12-23-15-6-5-14(9-16(15)22-3)11-20-8-7-19-13(2)10-20;/h5-6,9,13,19H,4,7-8,10-12H2,1-3H3,(H,18,21);1H/t13-;/m1./s1. The van der Waals surface area contributed by atoms with E-state index < -0.39 is 0 Å². The molecule has 0 saturated carbocycles. The van der Waals surface area contributed by atoms with Crippen LogP contribution in [0.1, 0.15) is 19.4 Å². The second kappa shape index (κ2) is 10.4. The number of nitrogens with one attached hydrogen (secondary N) is 2. The van der Waals surface area contributed by atoms with E-state index in [0.29, 0.717) is 24.1 Å². The molecule has 2 rings (SSSR count). The number of likely N-dealkylation sites (N-methyl/N-ethyl adjacent to an activating group) is 1. The van der Waals surface area contributed by atoms with Crippen molar-refractivity contribution < 1.29 is 14.3 Å². The van der Waals surface area contributed by atoms with Crippen molar-refractivity contribution in [3.8, 4) is 11.5 Å². The quantitative estimate of drug-likeness (QED) is 0.773. The summed E-state index contributed by atoms with van der Waals surface area (Å²) in [6.45, 7) is 8.67. The lowest BCUT2D eigenvalue weighted by molar-refractivity contribution is -0.123. The summed E-state index contributed by atoms with van der Waals surface area (Å²) in [5.74, 6) is 1.12. The predicted molar refractivity (Wildman–Crippen MR) is 97.2 cm³/mol. The van der Waals surface area contributed by atoms with Gasteiger partial charge in [0.1, 0.15) is 0 Å². The first-order chi connectivity index (χ1) is 11.1. The van der Waals surface area contributed by atoms with Crippen LogP contribution >= 0.6 is 12.4 Å². The molecule has 2 N–H and O–H groups in total. The number of carbonyl (C=O) groups excluding carboxylic acids is 1. The Morgan fingerprint density at radius 1 is 1.42 bits per heavy atom. The van der Waals surface area contributed by atoms with Gasteiger partial charge in [-0.05, 0) is 31.5 Å². The SMILES string of the molecule is CCNC(=O)COc1ccc(CN2CCN[C@H](C)C2)cc1OC.Cl. The number of benzene rings is 1. The Morgan fingerprint density at radius 2 is 2.21 bits per heavy atom. The van der Waals surface area contributed by atoms with E-state index in [1.54, 1.807) is 7.11 Å². The highest BCUT2D eigenvalue weighted by molar-refractivity contribution is 5.85. The molecule has 0 spiro atoms. The first-order valence-corrected chi connectivity index (χ1v) is 8.14. The average molecular weight is 358 g/mol. The topological polar surface area (TPSA) is 62.8 Å². The van der Waals surface area contributed by atoms with Gasteiger partial charge in [0.05, 0.1) is 7.11 Å². The number of piperazine rings is 1. The third-order valence-electron chi connectivity index (χ3n) is 3.82. The van der Waals surface area contributed by atoms with Crippen LogP contribution in [0.5, 0.6) is 11.5 Å². The van der Waals surface area contributed by atoms with Crippen molar-refractivity contribution in [2.75, 3.05) is 39.9 Å². The average Bonchev–Trinajstić information content (AvgIpc) is 2.54. The van der Waals surface area contributed by atoms with Gasteiger partial charge in [-0.3, -0.25) is 9.69 Å². The number of hydrogen-bond donors (Lipinski definition) is 2. The largest absolute Gasteiger partial charge is 0.493 e. The Kier molecular flexibility index (Phi) is 8.89. The van der Waals surface area contributed by atoms with Gasteiger partial charge in [-0.15, -0.1) is 12.4 Å². The van der Waals surface area contributed by atoms with Crippen LogP contribution in [0.4, 0.5) is 0 Å². The minimum absolute atomic E-state index is 0. The van der Waals surface area contributed by atoms with Crippen molar-refractivity contribution >= 4 is 18.3 Å². The minimum atomic E-state index is -0.131. The zero-order valence-electron chi connectivity index (χ0n) is 14.6. The van der Waals surface area contributed by atoms with Crippen LogP contribution < -0.4 is 20.1 Å². The number of hydrogen-bond acceptors (Lipinski definition) is 5. The lowest BCUT2D eigenvalue weighted by Crippen LogP contribution is -2.48. The molecule has 1 fully saturated rings. The summed E-state index contributed by atoms with van der Waals surface area (Å²) in [6, 6.07) is 6.41. The Morgan fingerprint density at radius 3 is 2.88 bits per heavy atom. The summed E-state index contributed by atoms with van der Waals surface area (Å²) >= 11 is 0. The van der Waals surface area contributed by atoms with Gasteiger partial charge < -0.3 is 20.1 Å². The van der Waals surface area contributed by atoms with Gasteiger partial charge in [0, 0.05) is 38.8 Å². The van der Waals surface area contributed by atoms with Gasteiger partial charge in [0.2, 0.25) is 0 Å². The Labute approximate surface area is 150 Å². The molecule has 1 atom stereocenters. The molecule has 136 valence electrons. The molecule has 1 amide bonds. The second-order valence-corrected chi connectivity index (χ2v) is 5.82.